The Kier molecular flexibility index (Phi) is 8.52. The van der Waals surface area contributed by atoms with Gasteiger partial charge in [-0.05, 0) is 82.6 Å². The molecule has 3 atom stereocenters. The molecule has 5 rings (SSSR count). The number of nitrogens with zero attached hydrogens (tertiary/aromatic N) is 5. The maximum absolute atomic E-state index is 10.1. The highest BCUT2D eigenvalue weighted by atomic mass is 16.3. The van der Waals surface area contributed by atoms with Gasteiger partial charge < -0.3 is 10.4 Å². The molecule has 2 aliphatic rings. The average Bonchev–Trinajstić information content (AvgIpc) is 2.91. The average molecular weight is 531 g/mol. The summed E-state index contributed by atoms with van der Waals surface area (Å²) in [6, 6.07) is 15.7. The van der Waals surface area contributed by atoms with Crippen molar-refractivity contribution in [3.63, 3.8) is 0 Å². The van der Waals surface area contributed by atoms with Gasteiger partial charge in [0, 0.05) is 61.9 Å². The number of hydrogen-bond acceptors (Lipinski definition) is 7. The lowest BCUT2D eigenvalue weighted by atomic mass is 9.79. The number of likely N-dealkylation sites (tertiary alicyclic amines) is 1. The highest BCUT2D eigenvalue weighted by Gasteiger charge is 2.38. The van der Waals surface area contributed by atoms with Gasteiger partial charge in [0.05, 0.1) is 11.6 Å². The Balaban J connectivity index is 1.28. The molecule has 2 aliphatic heterocycles. The lowest BCUT2D eigenvalue weighted by molar-refractivity contribution is 0.0506. The number of rotatable bonds is 8. The van der Waals surface area contributed by atoms with E-state index in [4.69, 9.17) is 9.97 Å². The lowest BCUT2D eigenvalue weighted by Gasteiger charge is -2.46. The van der Waals surface area contributed by atoms with Crippen LogP contribution in [0.1, 0.15) is 69.4 Å². The third-order valence-corrected chi connectivity index (χ3v) is 8.88. The Morgan fingerprint density at radius 2 is 1.82 bits per heavy atom. The number of phenols is 1. The van der Waals surface area contributed by atoms with E-state index in [0.717, 1.165) is 75.1 Å². The number of phenolic OH excluding ortho intramolecular Hbond substituents is 1. The van der Waals surface area contributed by atoms with Crippen molar-refractivity contribution in [1.82, 2.24) is 30.0 Å². The molecule has 39 heavy (non-hydrogen) atoms. The van der Waals surface area contributed by atoms with Crippen molar-refractivity contribution in [2.75, 3.05) is 40.3 Å². The van der Waals surface area contributed by atoms with Crippen molar-refractivity contribution in [2.24, 2.45) is 0 Å². The van der Waals surface area contributed by atoms with Gasteiger partial charge in [-0.1, -0.05) is 31.5 Å². The maximum Gasteiger partial charge on any atom is 0.146 e. The summed E-state index contributed by atoms with van der Waals surface area (Å²) in [7, 11) is 4.32. The summed E-state index contributed by atoms with van der Waals surface area (Å²) in [6.45, 7) is 11.8. The van der Waals surface area contributed by atoms with Crippen LogP contribution in [0.3, 0.4) is 0 Å². The minimum Gasteiger partial charge on any atom is -0.508 e. The SMILES string of the molecule is CCC[C@H](c1ncc2cc(CN3CCC(c4cccc(O)c4)(N(C)C)CC3)ccc2n1)N1C[C@@H](C)N[C@@H](C)C1. The molecule has 7 nitrogen and oxygen atoms in total. The maximum atomic E-state index is 10.1. The Hall–Kier alpha value is -2.58. The summed E-state index contributed by atoms with van der Waals surface area (Å²) < 4.78 is 0. The predicted octanol–water partition coefficient (Wildman–Crippen LogP) is 4.91. The first-order chi connectivity index (χ1) is 18.8. The Morgan fingerprint density at radius 1 is 1.08 bits per heavy atom. The molecule has 0 aliphatic carbocycles. The molecule has 7 heteroatoms. The number of nitrogens with one attached hydrogen (secondary N) is 1. The first-order valence-corrected chi connectivity index (χ1v) is 14.7. The molecule has 0 radical (unpaired) electrons. The van der Waals surface area contributed by atoms with Gasteiger partial charge in [0.2, 0.25) is 0 Å². The van der Waals surface area contributed by atoms with E-state index < -0.39 is 0 Å². The van der Waals surface area contributed by atoms with E-state index in [0.29, 0.717) is 17.8 Å². The van der Waals surface area contributed by atoms with Gasteiger partial charge in [0.25, 0.3) is 0 Å². The quantitative estimate of drug-likeness (QED) is 0.429. The van der Waals surface area contributed by atoms with Crippen molar-refractivity contribution in [2.45, 2.75) is 76.7 Å². The number of fused-ring (bicyclic) bond motifs is 1. The van der Waals surface area contributed by atoms with Gasteiger partial charge in [-0.2, -0.15) is 0 Å². The van der Waals surface area contributed by atoms with E-state index in [1.165, 1.54) is 11.1 Å². The van der Waals surface area contributed by atoms with Crippen LogP contribution in [0.2, 0.25) is 0 Å². The van der Waals surface area contributed by atoms with Crippen LogP contribution in [-0.2, 0) is 12.1 Å². The van der Waals surface area contributed by atoms with Crippen molar-refractivity contribution in [3.8, 4) is 5.75 Å². The fourth-order valence-electron chi connectivity index (χ4n) is 6.86. The second-order valence-corrected chi connectivity index (χ2v) is 12.1. The zero-order valence-electron chi connectivity index (χ0n) is 24.4. The molecular formula is C32H46N6O. The van der Waals surface area contributed by atoms with E-state index in [2.05, 4.69) is 79.1 Å². The van der Waals surface area contributed by atoms with E-state index in [1.54, 1.807) is 6.07 Å². The molecular weight excluding hydrogens is 484 g/mol. The monoisotopic (exact) mass is 530 g/mol. The Morgan fingerprint density at radius 3 is 2.49 bits per heavy atom. The fraction of sp³-hybridized carbons (Fsp3) is 0.562. The van der Waals surface area contributed by atoms with Gasteiger partial charge in [-0.25, -0.2) is 9.97 Å². The van der Waals surface area contributed by atoms with E-state index in [-0.39, 0.29) is 11.6 Å². The lowest BCUT2D eigenvalue weighted by Crippen LogP contribution is -2.55. The van der Waals surface area contributed by atoms with Gasteiger partial charge in [-0.3, -0.25) is 14.7 Å². The van der Waals surface area contributed by atoms with E-state index in [1.807, 2.05) is 18.3 Å². The third kappa shape index (κ3) is 6.12. The Bertz CT molecular complexity index is 1240. The summed E-state index contributed by atoms with van der Waals surface area (Å²) in [4.78, 5) is 17.4. The number of piperidine rings is 1. The molecule has 0 bridgehead atoms. The van der Waals surface area contributed by atoms with Crippen molar-refractivity contribution >= 4 is 10.9 Å². The Labute approximate surface area is 234 Å². The summed E-state index contributed by atoms with van der Waals surface area (Å²) >= 11 is 0. The second kappa shape index (κ2) is 11.9. The van der Waals surface area contributed by atoms with Crippen LogP contribution in [0, 0.1) is 0 Å². The topological polar surface area (TPSA) is 67.8 Å². The van der Waals surface area contributed by atoms with Crippen LogP contribution in [-0.4, -0.2) is 82.1 Å². The second-order valence-electron chi connectivity index (χ2n) is 12.1. The highest BCUT2D eigenvalue weighted by molar-refractivity contribution is 5.78. The largest absolute Gasteiger partial charge is 0.508 e. The molecule has 3 heterocycles. The van der Waals surface area contributed by atoms with E-state index >= 15 is 0 Å². The van der Waals surface area contributed by atoms with Crippen LogP contribution in [0.15, 0.2) is 48.7 Å². The van der Waals surface area contributed by atoms with Crippen molar-refractivity contribution < 1.29 is 5.11 Å². The van der Waals surface area contributed by atoms with Crippen LogP contribution in [0.4, 0.5) is 0 Å². The van der Waals surface area contributed by atoms with Crippen LogP contribution in [0.25, 0.3) is 10.9 Å². The fourth-order valence-corrected chi connectivity index (χ4v) is 6.86. The first kappa shape index (κ1) is 28.0. The van der Waals surface area contributed by atoms with Crippen LogP contribution in [0.5, 0.6) is 5.75 Å². The summed E-state index contributed by atoms with van der Waals surface area (Å²) in [5.74, 6) is 1.30. The normalized spacial score (nSPS) is 23.3. The third-order valence-electron chi connectivity index (χ3n) is 8.88. The standard InChI is InChI=1S/C32H46N6O/c1-6-8-30(38-20-23(2)34-24(3)21-38)31-33-19-26-17-25(11-12-29(26)35-31)22-37-15-13-32(14-16-37,36(4)5)27-9-7-10-28(39)18-27/h7,9-12,17-19,23-24,30,34,39H,6,8,13-16,20-22H2,1-5H3/t23-,24+,30-/m1/s1. The molecule has 2 saturated heterocycles. The summed E-state index contributed by atoms with van der Waals surface area (Å²) in [6.07, 6.45) is 6.30. The molecule has 2 fully saturated rings. The van der Waals surface area contributed by atoms with Gasteiger partial charge in [0.15, 0.2) is 0 Å². The zero-order valence-corrected chi connectivity index (χ0v) is 24.4. The summed E-state index contributed by atoms with van der Waals surface area (Å²) in [5.41, 5.74) is 3.51. The number of aromatic hydroxyl groups is 1. The number of aromatic nitrogens is 2. The van der Waals surface area contributed by atoms with Gasteiger partial charge >= 0.3 is 0 Å². The molecule has 0 unspecified atom stereocenters. The van der Waals surface area contributed by atoms with Gasteiger partial charge in [0.1, 0.15) is 11.6 Å². The molecule has 1 aromatic heterocycles. The first-order valence-electron chi connectivity index (χ1n) is 14.7. The smallest absolute Gasteiger partial charge is 0.146 e. The highest BCUT2D eigenvalue weighted by Crippen LogP contribution is 2.39. The minimum atomic E-state index is -0.0437. The van der Waals surface area contributed by atoms with E-state index in [9.17, 15) is 5.11 Å². The van der Waals surface area contributed by atoms with Gasteiger partial charge in [-0.15, -0.1) is 0 Å². The van der Waals surface area contributed by atoms with Crippen molar-refractivity contribution in [1.29, 1.82) is 0 Å². The van der Waals surface area contributed by atoms with Crippen LogP contribution < -0.4 is 5.32 Å². The minimum absolute atomic E-state index is 0.0437. The predicted molar refractivity (Wildman–Crippen MR) is 159 cm³/mol. The zero-order chi connectivity index (χ0) is 27.6. The summed E-state index contributed by atoms with van der Waals surface area (Å²) in [5, 5.41) is 14.9. The molecule has 210 valence electrons. The molecule has 0 amide bonds. The molecule has 3 aromatic rings. The number of hydrogen-bond donors (Lipinski definition) is 2. The van der Waals surface area contributed by atoms with Crippen LogP contribution >= 0.6 is 0 Å². The number of piperazine rings is 1. The van der Waals surface area contributed by atoms with Crippen molar-refractivity contribution in [3.05, 3.63) is 65.6 Å². The molecule has 2 aromatic carbocycles. The molecule has 0 spiro atoms. The molecule has 0 saturated carbocycles. The molecule has 2 N–H and O–H groups in total. The number of benzene rings is 2.